The smallest absolute Gasteiger partial charge is 0.225 e. The molecule has 0 bridgehead atoms. The van der Waals surface area contributed by atoms with E-state index in [4.69, 9.17) is 9.72 Å². The second kappa shape index (κ2) is 10.6. The van der Waals surface area contributed by atoms with Crippen molar-refractivity contribution in [1.82, 2.24) is 19.8 Å². The van der Waals surface area contributed by atoms with Crippen molar-refractivity contribution in [3.05, 3.63) is 47.7 Å². The average Bonchev–Trinajstić information content (AvgIpc) is 3.27. The van der Waals surface area contributed by atoms with E-state index in [1.165, 1.54) is 11.1 Å². The summed E-state index contributed by atoms with van der Waals surface area (Å²) in [5.41, 5.74) is 2.71. The number of piperazine rings is 1. The van der Waals surface area contributed by atoms with Gasteiger partial charge in [-0.3, -0.25) is 14.6 Å². The van der Waals surface area contributed by atoms with E-state index in [0.29, 0.717) is 24.3 Å². The van der Waals surface area contributed by atoms with Gasteiger partial charge in [0.25, 0.3) is 0 Å². The second-order valence-corrected chi connectivity index (χ2v) is 10.9. The van der Waals surface area contributed by atoms with Gasteiger partial charge in [0.05, 0.1) is 18.7 Å². The molecule has 190 valence electrons. The Morgan fingerprint density at radius 2 is 1.91 bits per heavy atom. The molecule has 3 heterocycles. The van der Waals surface area contributed by atoms with Crippen LogP contribution in [0.25, 0.3) is 0 Å². The Balaban J connectivity index is 1.40. The third kappa shape index (κ3) is 5.82. The fourth-order valence-electron chi connectivity index (χ4n) is 4.95. The molecule has 0 aliphatic carbocycles. The summed E-state index contributed by atoms with van der Waals surface area (Å²) in [6.45, 7) is 15.7. The minimum Gasteiger partial charge on any atom is -0.349 e. The highest BCUT2D eigenvalue weighted by Crippen LogP contribution is 2.29. The zero-order valence-corrected chi connectivity index (χ0v) is 21.9. The first-order chi connectivity index (χ1) is 16.7. The molecule has 2 saturated heterocycles. The number of benzene rings is 1. The topological polar surface area (TPSA) is 73.8 Å². The van der Waals surface area contributed by atoms with Crippen LogP contribution in [0.5, 0.6) is 0 Å². The maximum absolute atomic E-state index is 11.6. The number of nitrogens with zero attached hydrogens (tertiary/aromatic N) is 5. The van der Waals surface area contributed by atoms with Crippen LogP contribution >= 0.6 is 0 Å². The van der Waals surface area contributed by atoms with E-state index < -0.39 is 6.23 Å². The van der Waals surface area contributed by atoms with E-state index >= 15 is 0 Å². The number of aromatic nitrogens is 2. The Labute approximate surface area is 209 Å². The maximum Gasteiger partial charge on any atom is 0.225 e. The molecular weight excluding hydrogens is 440 g/mol. The lowest BCUT2D eigenvalue weighted by Crippen LogP contribution is -2.57. The number of hydrogen-bond donors (Lipinski definition) is 1. The lowest BCUT2D eigenvalue weighted by molar-refractivity contribution is -0.115. The summed E-state index contributed by atoms with van der Waals surface area (Å²) < 4.78 is 5.69. The predicted octanol–water partition coefficient (Wildman–Crippen LogP) is 3.56. The lowest BCUT2D eigenvalue weighted by Gasteiger charge is -2.45. The van der Waals surface area contributed by atoms with E-state index in [9.17, 15) is 4.79 Å². The molecule has 0 radical (unpaired) electrons. The summed E-state index contributed by atoms with van der Waals surface area (Å²) in [4.78, 5) is 27.7. The van der Waals surface area contributed by atoms with Gasteiger partial charge in [0, 0.05) is 37.9 Å². The van der Waals surface area contributed by atoms with Gasteiger partial charge >= 0.3 is 0 Å². The Morgan fingerprint density at radius 1 is 1.17 bits per heavy atom. The minimum absolute atomic E-state index is 0.0412. The molecule has 0 saturated carbocycles. The van der Waals surface area contributed by atoms with Crippen molar-refractivity contribution in [2.75, 3.05) is 43.5 Å². The van der Waals surface area contributed by atoms with E-state index in [-0.39, 0.29) is 17.6 Å². The zero-order valence-electron chi connectivity index (χ0n) is 21.9. The molecule has 8 heteroatoms. The van der Waals surface area contributed by atoms with Gasteiger partial charge in [0.2, 0.25) is 5.95 Å². The van der Waals surface area contributed by atoms with Crippen LogP contribution in [-0.4, -0.2) is 77.2 Å². The number of likely N-dealkylation sites (N-methyl/N-ethyl adjacent to an activating group) is 1. The fourth-order valence-corrected chi connectivity index (χ4v) is 4.95. The number of carbonyl (C=O) groups is 1. The standard InChI is InChI=1S/C27H40N6O2/c1-19(2)23-17-35-25(16-34)33(23)24-11-12-28-26(30-24)29-20(3)22-9-7-21(8-10-22)15-32-14-13-31(6)27(4,5)18-32/h7-12,16,19-20,23,25H,13-15,17-18H2,1-6H3,(H,28,29,30)/t20-,23+,25?/m0/s1. The van der Waals surface area contributed by atoms with Gasteiger partial charge in [0.15, 0.2) is 12.5 Å². The van der Waals surface area contributed by atoms with Crippen molar-refractivity contribution in [1.29, 1.82) is 0 Å². The Kier molecular flexibility index (Phi) is 7.73. The van der Waals surface area contributed by atoms with Gasteiger partial charge in [-0.15, -0.1) is 0 Å². The van der Waals surface area contributed by atoms with Gasteiger partial charge in [-0.1, -0.05) is 38.1 Å². The van der Waals surface area contributed by atoms with E-state index in [1.807, 2.05) is 11.0 Å². The molecule has 0 spiro atoms. The van der Waals surface area contributed by atoms with E-state index in [1.54, 1.807) is 6.20 Å². The lowest BCUT2D eigenvalue weighted by atomic mass is 9.99. The molecule has 4 rings (SSSR count). The first-order valence-electron chi connectivity index (χ1n) is 12.6. The summed E-state index contributed by atoms with van der Waals surface area (Å²) in [5.74, 6) is 1.58. The molecule has 35 heavy (non-hydrogen) atoms. The second-order valence-electron chi connectivity index (χ2n) is 10.9. The van der Waals surface area contributed by atoms with Crippen LogP contribution in [0.2, 0.25) is 0 Å². The Hall–Kier alpha value is -2.55. The van der Waals surface area contributed by atoms with Crippen LogP contribution in [0.4, 0.5) is 11.8 Å². The monoisotopic (exact) mass is 480 g/mol. The van der Waals surface area contributed by atoms with Gasteiger partial charge in [-0.25, -0.2) is 4.98 Å². The molecular formula is C27H40N6O2. The molecule has 1 unspecified atom stereocenters. The molecule has 2 aliphatic rings. The number of anilines is 2. The average molecular weight is 481 g/mol. The minimum atomic E-state index is -0.610. The van der Waals surface area contributed by atoms with Crippen molar-refractivity contribution in [2.24, 2.45) is 5.92 Å². The van der Waals surface area contributed by atoms with Crippen LogP contribution in [0.3, 0.4) is 0 Å². The van der Waals surface area contributed by atoms with Gasteiger partial charge in [-0.05, 0) is 50.9 Å². The van der Waals surface area contributed by atoms with Crippen molar-refractivity contribution >= 4 is 18.1 Å². The number of nitrogens with one attached hydrogen (secondary N) is 1. The first-order valence-corrected chi connectivity index (χ1v) is 12.6. The van der Waals surface area contributed by atoms with Crippen LogP contribution < -0.4 is 10.2 Å². The highest BCUT2D eigenvalue weighted by Gasteiger charge is 2.37. The molecule has 3 atom stereocenters. The summed E-state index contributed by atoms with van der Waals surface area (Å²) in [7, 11) is 2.21. The maximum atomic E-state index is 11.6. The van der Waals surface area contributed by atoms with Crippen LogP contribution in [-0.2, 0) is 16.1 Å². The SMILES string of the molecule is CC(C)[C@H]1COC(C=O)N1c1ccnc(N[C@@H](C)c2ccc(CN3CCN(C)C(C)(C)C3)cc2)n1. The third-order valence-corrected chi connectivity index (χ3v) is 7.49. The van der Waals surface area contributed by atoms with Crippen molar-refractivity contribution in [3.63, 3.8) is 0 Å². The summed E-state index contributed by atoms with van der Waals surface area (Å²) in [6.07, 6.45) is 1.96. The number of rotatable bonds is 8. The van der Waals surface area contributed by atoms with E-state index in [2.05, 4.69) is 86.0 Å². The van der Waals surface area contributed by atoms with Crippen LogP contribution in [0.15, 0.2) is 36.5 Å². The van der Waals surface area contributed by atoms with Gasteiger partial charge in [0.1, 0.15) is 5.82 Å². The highest BCUT2D eigenvalue weighted by atomic mass is 16.5. The van der Waals surface area contributed by atoms with Crippen molar-refractivity contribution in [3.8, 4) is 0 Å². The normalized spacial score (nSPS) is 24.0. The van der Waals surface area contributed by atoms with Crippen LogP contribution in [0.1, 0.15) is 51.8 Å². The molecule has 0 amide bonds. The summed E-state index contributed by atoms with van der Waals surface area (Å²) >= 11 is 0. The first kappa shape index (κ1) is 25.5. The van der Waals surface area contributed by atoms with Gasteiger partial charge < -0.3 is 15.0 Å². The number of aldehydes is 1. The summed E-state index contributed by atoms with van der Waals surface area (Å²) in [6, 6.07) is 10.8. The van der Waals surface area contributed by atoms with Crippen LogP contribution in [0, 0.1) is 5.92 Å². The quantitative estimate of drug-likeness (QED) is 0.575. The number of hydrogen-bond acceptors (Lipinski definition) is 8. The Morgan fingerprint density at radius 3 is 2.57 bits per heavy atom. The van der Waals surface area contributed by atoms with Crippen molar-refractivity contribution < 1.29 is 9.53 Å². The Bertz CT molecular complexity index is 995. The number of ether oxygens (including phenoxy) is 1. The third-order valence-electron chi connectivity index (χ3n) is 7.49. The molecule has 1 N–H and O–H groups in total. The molecule has 1 aromatic heterocycles. The molecule has 2 fully saturated rings. The fraction of sp³-hybridized carbons (Fsp3) is 0.593. The molecule has 2 aliphatic heterocycles. The molecule has 8 nitrogen and oxygen atoms in total. The van der Waals surface area contributed by atoms with E-state index in [0.717, 1.165) is 32.5 Å². The zero-order chi connectivity index (χ0) is 25.2. The van der Waals surface area contributed by atoms with Gasteiger partial charge in [-0.2, -0.15) is 4.98 Å². The largest absolute Gasteiger partial charge is 0.349 e. The highest BCUT2D eigenvalue weighted by molar-refractivity contribution is 5.64. The number of carbonyl (C=O) groups excluding carboxylic acids is 1. The van der Waals surface area contributed by atoms with Crippen molar-refractivity contribution in [2.45, 2.75) is 65.0 Å². The predicted molar refractivity (Wildman–Crippen MR) is 139 cm³/mol. The molecule has 1 aromatic carbocycles. The molecule has 2 aromatic rings. The summed E-state index contributed by atoms with van der Waals surface area (Å²) in [5, 5.41) is 3.42.